The third kappa shape index (κ3) is 2.02. The Bertz CT molecular complexity index is 653. The molecule has 1 fully saturated rings. The van der Waals surface area contributed by atoms with Crippen molar-refractivity contribution in [3.63, 3.8) is 0 Å². The van der Waals surface area contributed by atoms with E-state index in [-0.39, 0.29) is 12.1 Å². The smallest absolute Gasteiger partial charge is 0.207 e. The number of benzene rings is 1. The number of sulfonamides is 1. The Morgan fingerprint density at radius 1 is 1.10 bits per heavy atom. The summed E-state index contributed by atoms with van der Waals surface area (Å²) in [6.45, 7) is 5.80. The Labute approximate surface area is 121 Å². The van der Waals surface area contributed by atoms with E-state index in [1.807, 2.05) is 32.9 Å². The first kappa shape index (κ1) is 13.8. The van der Waals surface area contributed by atoms with Gasteiger partial charge in [-0.2, -0.15) is 4.31 Å². The molecule has 0 saturated carbocycles. The van der Waals surface area contributed by atoms with Crippen LogP contribution in [0.3, 0.4) is 0 Å². The number of nitrogens with zero attached hydrogens (tertiary/aromatic N) is 1. The van der Waals surface area contributed by atoms with Crippen LogP contribution in [0, 0.1) is 20.8 Å². The molecule has 2 aliphatic rings. The van der Waals surface area contributed by atoms with Gasteiger partial charge in [0.2, 0.25) is 10.0 Å². The highest BCUT2D eigenvalue weighted by atomic mass is 32.2. The Balaban J connectivity index is 2.12. The molecule has 0 amide bonds. The van der Waals surface area contributed by atoms with E-state index in [9.17, 15) is 8.42 Å². The summed E-state index contributed by atoms with van der Waals surface area (Å²) in [5, 5.41) is 0. The van der Waals surface area contributed by atoms with Gasteiger partial charge >= 0.3 is 0 Å². The lowest BCUT2D eigenvalue weighted by atomic mass is 10.1. The minimum Gasteiger partial charge on any atom is -0.207 e. The predicted molar refractivity (Wildman–Crippen MR) is 80.2 cm³/mol. The summed E-state index contributed by atoms with van der Waals surface area (Å²) < 4.78 is 27.9. The van der Waals surface area contributed by atoms with E-state index in [0.717, 1.165) is 36.0 Å². The van der Waals surface area contributed by atoms with E-state index >= 15 is 0 Å². The molecular formula is C16H21NO2S. The van der Waals surface area contributed by atoms with Crippen molar-refractivity contribution in [2.24, 2.45) is 0 Å². The summed E-state index contributed by atoms with van der Waals surface area (Å²) in [6, 6.07) is 4.12. The maximum absolute atomic E-state index is 13.1. The summed E-state index contributed by atoms with van der Waals surface area (Å²) in [7, 11) is -3.39. The van der Waals surface area contributed by atoms with E-state index in [1.165, 1.54) is 0 Å². The summed E-state index contributed by atoms with van der Waals surface area (Å²) in [5.74, 6) is 0. The van der Waals surface area contributed by atoms with Gasteiger partial charge in [-0.05, 0) is 51.2 Å². The van der Waals surface area contributed by atoms with Gasteiger partial charge in [0.1, 0.15) is 0 Å². The summed E-state index contributed by atoms with van der Waals surface area (Å²) in [4.78, 5) is 0.510. The molecule has 0 spiro atoms. The van der Waals surface area contributed by atoms with E-state index in [0.29, 0.717) is 4.90 Å². The maximum atomic E-state index is 13.1. The van der Waals surface area contributed by atoms with Crippen LogP contribution in [0.15, 0.2) is 29.2 Å². The minimum atomic E-state index is -3.39. The van der Waals surface area contributed by atoms with Crippen molar-refractivity contribution in [1.82, 2.24) is 4.31 Å². The molecule has 20 heavy (non-hydrogen) atoms. The van der Waals surface area contributed by atoms with Crippen LogP contribution in [0.5, 0.6) is 0 Å². The summed E-state index contributed by atoms with van der Waals surface area (Å²) >= 11 is 0. The largest absolute Gasteiger partial charge is 0.244 e. The van der Waals surface area contributed by atoms with Crippen molar-refractivity contribution < 1.29 is 8.42 Å². The highest BCUT2D eigenvalue weighted by molar-refractivity contribution is 7.89. The molecule has 4 heteroatoms. The molecule has 3 nitrogen and oxygen atoms in total. The van der Waals surface area contributed by atoms with Crippen LogP contribution in [0.2, 0.25) is 0 Å². The van der Waals surface area contributed by atoms with Crippen LogP contribution in [-0.4, -0.2) is 24.8 Å². The molecule has 0 aromatic heterocycles. The van der Waals surface area contributed by atoms with Gasteiger partial charge in [-0.15, -0.1) is 0 Å². The van der Waals surface area contributed by atoms with Gasteiger partial charge in [-0.25, -0.2) is 8.42 Å². The Hall–Kier alpha value is -1.13. The number of rotatable bonds is 2. The molecule has 1 saturated heterocycles. The molecule has 0 N–H and O–H groups in total. The van der Waals surface area contributed by atoms with Gasteiger partial charge in [0, 0.05) is 12.1 Å². The predicted octanol–water partition coefficient (Wildman–Crippen LogP) is 3.09. The zero-order valence-corrected chi connectivity index (χ0v) is 13.1. The monoisotopic (exact) mass is 291 g/mol. The maximum Gasteiger partial charge on any atom is 0.244 e. The van der Waals surface area contributed by atoms with Gasteiger partial charge < -0.3 is 0 Å². The molecule has 2 bridgehead atoms. The normalized spacial score (nSPS) is 26.1. The number of aryl methyl sites for hydroxylation is 3. The van der Waals surface area contributed by atoms with Gasteiger partial charge in [0.25, 0.3) is 0 Å². The van der Waals surface area contributed by atoms with Crippen molar-refractivity contribution >= 4 is 10.0 Å². The van der Waals surface area contributed by atoms with Gasteiger partial charge in [0.05, 0.1) is 4.90 Å². The van der Waals surface area contributed by atoms with Gasteiger partial charge in [-0.3, -0.25) is 0 Å². The Morgan fingerprint density at radius 2 is 1.75 bits per heavy atom. The lowest BCUT2D eigenvalue weighted by Gasteiger charge is -2.31. The average molecular weight is 291 g/mol. The van der Waals surface area contributed by atoms with Crippen LogP contribution in [0.4, 0.5) is 0 Å². The molecular weight excluding hydrogens is 270 g/mol. The molecule has 2 atom stereocenters. The quantitative estimate of drug-likeness (QED) is 0.785. The lowest BCUT2D eigenvalue weighted by molar-refractivity contribution is 0.340. The fourth-order valence-corrected chi connectivity index (χ4v) is 6.00. The molecule has 1 aromatic carbocycles. The van der Waals surface area contributed by atoms with Crippen LogP contribution in [-0.2, 0) is 10.0 Å². The van der Waals surface area contributed by atoms with Crippen molar-refractivity contribution in [2.75, 3.05) is 0 Å². The van der Waals surface area contributed by atoms with Crippen molar-refractivity contribution in [1.29, 1.82) is 0 Å². The zero-order chi connectivity index (χ0) is 14.5. The third-order valence-electron chi connectivity index (χ3n) is 4.39. The van der Waals surface area contributed by atoms with E-state index < -0.39 is 10.0 Å². The first-order chi connectivity index (χ1) is 9.41. The first-order valence-electron chi connectivity index (χ1n) is 7.19. The van der Waals surface area contributed by atoms with Crippen molar-refractivity contribution in [3.05, 3.63) is 41.0 Å². The van der Waals surface area contributed by atoms with Crippen LogP contribution < -0.4 is 0 Å². The SMILES string of the molecule is Cc1cc(C)c(S(=O)(=O)N2C3C=CCC2CC3)c(C)c1. The fourth-order valence-electron chi connectivity index (χ4n) is 3.74. The molecule has 0 radical (unpaired) electrons. The Morgan fingerprint density at radius 3 is 2.35 bits per heavy atom. The number of fused-ring (bicyclic) bond motifs is 2. The third-order valence-corrected chi connectivity index (χ3v) is 6.67. The van der Waals surface area contributed by atoms with Gasteiger partial charge in [0.15, 0.2) is 0 Å². The topological polar surface area (TPSA) is 37.4 Å². The molecule has 1 aromatic rings. The number of hydrogen-bond acceptors (Lipinski definition) is 2. The molecule has 2 aliphatic heterocycles. The zero-order valence-electron chi connectivity index (χ0n) is 12.3. The molecule has 2 heterocycles. The molecule has 0 aliphatic carbocycles. The van der Waals surface area contributed by atoms with Gasteiger partial charge in [-0.1, -0.05) is 29.8 Å². The highest BCUT2D eigenvalue weighted by Crippen LogP contribution is 2.38. The second-order valence-electron chi connectivity index (χ2n) is 6.03. The van der Waals surface area contributed by atoms with E-state index in [1.54, 1.807) is 4.31 Å². The summed E-state index contributed by atoms with van der Waals surface area (Å²) in [6.07, 6.45) is 6.95. The molecule has 2 unspecified atom stereocenters. The van der Waals surface area contributed by atoms with E-state index in [2.05, 4.69) is 12.2 Å². The van der Waals surface area contributed by atoms with Crippen molar-refractivity contribution in [3.8, 4) is 0 Å². The lowest BCUT2D eigenvalue weighted by Crippen LogP contribution is -2.42. The van der Waals surface area contributed by atoms with Crippen LogP contribution >= 0.6 is 0 Å². The fraction of sp³-hybridized carbons (Fsp3) is 0.500. The average Bonchev–Trinajstić information content (AvgIpc) is 2.59. The standard InChI is InChI=1S/C16H21NO2S/c1-11-9-12(2)16(13(3)10-11)20(18,19)17-14-5-4-6-15(17)8-7-14/h4-5,9-10,14-15H,6-8H2,1-3H3. The Kier molecular flexibility index (Phi) is 3.26. The second-order valence-corrected chi connectivity index (χ2v) is 7.81. The van der Waals surface area contributed by atoms with E-state index in [4.69, 9.17) is 0 Å². The molecule has 108 valence electrons. The minimum absolute atomic E-state index is 0.0545. The number of hydrogen-bond donors (Lipinski definition) is 0. The van der Waals surface area contributed by atoms with Crippen molar-refractivity contribution in [2.45, 2.75) is 57.0 Å². The first-order valence-corrected chi connectivity index (χ1v) is 8.63. The second kappa shape index (κ2) is 4.71. The van der Waals surface area contributed by atoms with Crippen LogP contribution in [0.1, 0.15) is 36.0 Å². The molecule has 3 rings (SSSR count). The summed E-state index contributed by atoms with van der Waals surface area (Å²) in [5.41, 5.74) is 2.83. The highest BCUT2D eigenvalue weighted by Gasteiger charge is 2.43. The van der Waals surface area contributed by atoms with Crippen LogP contribution in [0.25, 0.3) is 0 Å².